The van der Waals surface area contributed by atoms with Crippen molar-refractivity contribution in [2.24, 2.45) is 0 Å². The average Bonchev–Trinajstić information content (AvgIpc) is 2.37. The standard InChI is InChI=1S/C15H19F3O/c16-15(17,18)11-7-2-1-3-8-12-19-13-14-9-5-4-6-10-14/h2,4-7,9-10H,1,3,8,11-13H2/b7-2+. The maximum atomic E-state index is 11.8. The van der Waals surface area contributed by atoms with Crippen LogP contribution in [-0.2, 0) is 11.3 Å². The molecule has 0 saturated heterocycles. The predicted molar refractivity (Wildman–Crippen MR) is 69.8 cm³/mol. The van der Waals surface area contributed by atoms with Crippen LogP contribution in [0, 0.1) is 0 Å². The summed E-state index contributed by atoms with van der Waals surface area (Å²) in [5, 5.41) is 0. The van der Waals surface area contributed by atoms with E-state index in [2.05, 4.69) is 0 Å². The Hall–Kier alpha value is -1.29. The van der Waals surface area contributed by atoms with E-state index < -0.39 is 12.6 Å². The van der Waals surface area contributed by atoms with Gasteiger partial charge in [-0.05, 0) is 24.8 Å². The highest BCUT2D eigenvalue weighted by atomic mass is 19.4. The van der Waals surface area contributed by atoms with Crippen molar-refractivity contribution in [1.82, 2.24) is 0 Å². The van der Waals surface area contributed by atoms with Gasteiger partial charge in [0, 0.05) is 6.61 Å². The molecule has 0 aliphatic carbocycles. The summed E-state index contributed by atoms with van der Waals surface area (Å²) in [6.07, 6.45) is 0.236. The molecular formula is C15H19F3O. The van der Waals surface area contributed by atoms with Crippen LogP contribution >= 0.6 is 0 Å². The van der Waals surface area contributed by atoms with E-state index in [9.17, 15) is 13.2 Å². The molecule has 1 aromatic carbocycles. The quantitative estimate of drug-likeness (QED) is 0.484. The molecule has 1 nitrogen and oxygen atoms in total. The number of allylic oxidation sites excluding steroid dienone is 2. The summed E-state index contributed by atoms with van der Waals surface area (Å²) in [5.74, 6) is 0. The highest BCUT2D eigenvalue weighted by Crippen LogP contribution is 2.19. The molecule has 0 aliphatic heterocycles. The first-order chi connectivity index (χ1) is 9.08. The lowest BCUT2D eigenvalue weighted by Crippen LogP contribution is -2.03. The van der Waals surface area contributed by atoms with E-state index in [4.69, 9.17) is 4.74 Å². The van der Waals surface area contributed by atoms with Crippen LogP contribution < -0.4 is 0 Å². The van der Waals surface area contributed by atoms with E-state index in [1.807, 2.05) is 30.3 Å². The lowest BCUT2D eigenvalue weighted by Gasteiger charge is -2.03. The zero-order valence-electron chi connectivity index (χ0n) is 10.8. The normalized spacial score (nSPS) is 12.2. The molecule has 0 N–H and O–H groups in total. The van der Waals surface area contributed by atoms with Gasteiger partial charge in [-0.1, -0.05) is 42.5 Å². The topological polar surface area (TPSA) is 9.23 Å². The number of hydrogen-bond acceptors (Lipinski definition) is 1. The van der Waals surface area contributed by atoms with E-state index in [0.717, 1.165) is 18.4 Å². The molecule has 0 aromatic heterocycles. The molecule has 106 valence electrons. The van der Waals surface area contributed by atoms with Crippen molar-refractivity contribution in [3.63, 3.8) is 0 Å². The molecule has 0 amide bonds. The van der Waals surface area contributed by atoms with Gasteiger partial charge in [-0.3, -0.25) is 0 Å². The van der Waals surface area contributed by atoms with Crippen molar-refractivity contribution in [3.8, 4) is 0 Å². The summed E-state index contributed by atoms with van der Waals surface area (Å²) in [6.45, 7) is 1.23. The van der Waals surface area contributed by atoms with Crippen LogP contribution in [0.3, 0.4) is 0 Å². The second kappa shape index (κ2) is 8.75. The first kappa shape index (κ1) is 15.8. The predicted octanol–water partition coefficient (Wildman–Crippen LogP) is 4.88. The fourth-order valence-electron chi connectivity index (χ4n) is 1.57. The summed E-state index contributed by atoms with van der Waals surface area (Å²) in [5.41, 5.74) is 1.13. The van der Waals surface area contributed by atoms with E-state index in [-0.39, 0.29) is 0 Å². The molecule has 0 bridgehead atoms. The van der Waals surface area contributed by atoms with E-state index >= 15 is 0 Å². The van der Waals surface area contributed by atoms with Crippen molar-refractivity contribution in [2.75, 3.05) is 6.61 Å². The molecule has 0 fully saturated rings. The monoisotopic (exact) mass is 272 g/mol. The maximum absolute atomic E-state index is 11.8. The highest BCUT2D eigenvalue weighted by Gasteiger charge is 2.24. The van der Waals surface area contributed by atoms with Gasteiger partial charge in [0.05, 0.1) is 13.0 Å². The molecule has 0 spiro atoms. The summed E-state index contributed by atoms with van der Waals surface area (Å²) < 4.78 is 40.9. The van der Waals surface area contributed by atoms with Crippen molar-refractivity contribution in [3.05, 3.63) is 48.0 Å². The number of alkyl halides is 3. The van der Waals surface area contributed by atoms with Crippen LogP contribution in [0.25, 0.3) is 0 Å². The minimum atomic E-state index is -4.09. The highest BCUT2D eigenvalue weighted by molar-refractivity contribution is 5.13. The Kier molecular flexibility index (Phi) is 7.26. The zero-order valence-corrected chi connectivity index (χ0v) is 10.8. The zero-order chi connectivity index (χ0) is 14.0. The average molecular weight is 272 g/mol. The molecule has 0 saturated carbocycles. The van der Waals surface area contributed by atoms with Crippen LogP contribution in [0.15, 0.2) is 42.5 Å². The Morgan fingerprint density at radius 1 is 1.00 bits per heavy atom. The maximum Gasteiger partial charge on any atom is 0.392 e. The summed E-state index contributed by atoms with van der Waals surface area (Å²) in [7, 11) is 0. The number of hydrogen-bond donors (Lipinski definition) is 0. The molecule has 0 heterocycles. The third-order valence-corrected chi connectivity index (χ3v) is 2.54. The molecule has 0 aliphatic rings. The fourth-order valence-corrected chi connectivity index (χ4v) is 1.57. The van der Waals surface area contributed by atoms with Crippen LogP contribution in [0.5, 0.6) is 0 Å². The third kappa shape index (κ3) is 9.31. The van der Waals surface area contributed by atoms with E-state index in [1.54, 1.807) is 6.08 Å². The number of benzene rings is 1. The van der Waals surface area contributed by atoms with Crippen LogP contribution in [0.4, 0.5) is 13.2 Å². The third-order valence-electron chi connectivity index (χ3n) is 2.54. The van der Waals surface area contributed by atoms with Gasteiger partial charge in [0.25, 0.3) is 0 Å². The molecule has 19 heavy (non-hydrogen) atoms. The van der Waals surface area contributed by atoms with Crippen LogP contribution in [0.2, 0.25) is 0 Å². The smallest absolute Gasteiger partial charge is 0.377 e. The molecule has 0 radical (unpaired) electrons. The van der Waals surface area contributed by atoms with Gasteiger partial charge in [-0.25, -0.2) is 0 Å². The van der Waals surface area contributed by atoms with Gasteiger partial charge in [-0.2, -0.15) is 13.2 Å². The number of unbranched alkanes of at least 4 members (excludes halogenated alkanes) is 2. The Morgan fingerprint density at radius 3 is 2.42 bits per heavy atom. The molecule has 1 rings (SSSR count). The molecule has 1 aromatic rings. The van der Waals surface area contributed by atoms with Gasteiger partial charge < -0.3 is 4.74 Å². The second-order valence-electron chi connectivity index (χ2n) is 4.32. The van der Waals surface area contributed by atoms with Crippen molar-refractivity contribution in [1.29, 1.82) is 0 Å². The van der Waals surface area contributed by atoms with E-state index in [0.29, 0.717) is 19.6 Å². The van der Waals surface area contributed by atoms with Gasteiger partial charge >= 0.3 is 6.18 Å². The Morgan fingerprint density at radius 2 is 1.74 bits per heavy atom. The summed E-state index contributed by atoms with van der Waals surface area (Å²) >= 11 is 0. The Balaban J connectivity index is 1.94. The largest absolute Gasteiger partial charge is 0.392 e. The summed E-state index contributed by atoms with van der Waals surface area (Å²) in [6, 6.07) is 9.88. The van der Waals surface area contributed by atoms with Crippen molar-refractivity contribution in [2.45, 2.75) is 38.5 Å². The van der Waals surface area contributed by atoms with Crippen LogP contribution in [-0.4, -0.2) is 12.8 Å². The minimum Gasteiger partial charge on any atom is -0.377 e. The number of halogens is 3. The van der Waals surface area contributed by atoms with Gasteiger partial charge in [-0.15, -0.1) is 0 Å². The van der Waals surface area contributed by atoms with Gasteiger partial charge in [0.15, 0.2) is 0 Å². The van der Waals surface area contributed by atoms with E-state index in [1.165, 1.54) is 6.08 Å². The molecular weight excluding hydrogens is 253 g/mol. The van der Waals surface area contributed by atoms with Crippen molar-refractivity contribution < 1.29 is 17.9 Å². The molecule has 0 unspecified atom stereocenters. The first-order valence-corrected chi connectivity index (χ1v) is 6.41. The molecule has 0 atom stereocenters. The van der Waals surface area contributed by atoms with Gasteiger partial charge in [0.1, 0.15) is 0 Å². The Labute approximate surface area is 112 Å². The number of ether oxygens (including phenoxy) is 1. The first-order valence-electron chi connectivity index (χ1n) is 6.41. The second-order valence-corrected chi connectivity index (χ2v) is 4.32. The van der Waals surface area contributed by atoms with Gasteiger partial charge in [0.2, 0.25) is 0 Å². The lowest BCUT2D eigenvalue weighted by atomic mass is 10.2. The summed E-state index contributed by atoms with van der Waals surface area (Å²) in [4.78, 5) is 0. The van der Waals surface area contributed by atoms with Crippen LogP contribution in [0.1, 0.15) is 31.2 Å². The Bertz CT molecular complexity index is 357. The lowest BCUT2D eigenvalue weighted by molar-refractivity contribution is -0.125. The number of rotatable bonds is 8. The minimum absolute atomic E-state index is 0.588. The molecule has 4 heteroatoms. The SMILES string of the molecule is FC(F)(F)C/C=C/CCCCOCc1ccccc1. The van der Waals surface area contributed by atoms with Crippen molar-refractivity contribution >= 4 is 0 Å². The fraction of sp³-hybridized carbons (Fsp3) is 0.467.